The Kier molecular flexibility index (Phi) is 5.46. The summed E-state index contributed by atoms with van der Waals surface area (Å²) in [6, 6.07) is 6.68. The summed E-state index contributed by atoms with van der Waals surface area (Å²) >= 11 is 0. The van der Waals surface area contributed by atoms with Crippen LogP contribution >= 0.6 is 0 Å². The Balaban J connectivity index is 2.19. The van der Waals surface area contributed by atoms with E-state index in [2.05, 4.69) is 6.07 Å². The maximum atomic E-state index is 12.8. The minimum atomic E-state index is -3.57. The SMILES string of the molecule is COc1ccc(S(=O)(=O)N2CC[NH+]([C@H](C)C#N)CC2)cc1OC. The lowest BCUT2D eigenvalue weighted by Gasteiger charge is -2.32. The average Bonchev–Trinajstić information content (AvgIpc) is 2.60. The average molecular weight is 340 g/mol. The monoisotopic (exact) mass is 340 g/mol. The summed E-state index contributed by atoms with van der Waals surface area (Å²) in [6.07, 6.45) is 0. The maximum absolute atomic E-state index is 12.8. The number of hydrogen-bond acceptors (Lipinski definition) is 5. The van der Waals surface area contributed by atoms with Crippen molar-refractivity contribution in [3.63, 3.8) is 0 Å². The molecule has 0 aliphatic carbocycles. The largest absolute Gasteiger partial charge is 0.493 e. The van der Waals surface area contributed by atoms with Crippen LogP contribution in [0.2, 0.25) is 0 Å². The highest BCUT2D eigenvalue weighted by atomic mass is 32.2. The maximum Gasteiger partial charge on any atom is 0.243 e. The van der Waals surface area contributed by atoms with Gasteiger partial charge >= 0.3 is 0 Å². The van der Waals surface area contributed by atoms with E-state index in [0.717, 1.165) is 4.90 Å². The van der Waals surface area contributed by atoms with Crippen molar-refractivity contribution in [1.82, 2.24) is 4.31 Å². The smallest absolute Gasteiger partial charge is 0.243 e. The quantitative estimate of drug-likeness (QED) is 0.782. The van der Waals surface area contributed by atoms with Crippen molar-refractivity contribution in [3.05, 3.63) is 18.2 Å². The van der Waals surface area contributed by atoms with Gasteiger partial charge in [-0.2, -0.15) is 9.57 Å². The zero-order valence-corrected chi connectivity index (χ0v) is 14.4. The van der Waals surface area contributed by atoms with Crippen LogP contribution in [-0.2, 0) is 10.0 Å². The molecular formula is C15H22N3O4S+. The van der Waals surface area contributed by atoms with Crippen molar-refractivity contribution in [2.45, 2.75) is 17.9 Å². The van der Waals surface area contributed by atoms with Crippen LogP contribution in [0.3, 0.4) is 0 Å². The summed E-state index contributed by atoms with van der Waals surface area (Å²) in [6.45, 7) is 3.91. The molecule has 1 aromatic rings. The van der Waals surface area contributed by atoms with E-state index in [1.54, 1.807) is 6.07 Å². The van der Waals surface area contributed by atoms with Gasteiger partial charge in [-0.25, -0.2) is 8.42 Å². The number of nitriles is 1. The Labute approximate surface area is 137 Å². The summed E-state index contributed by atoms with van der Waals surface area (Å²) in [5.74, 6) is 0.875. The molecule has 7 nitrogen and oxygen atoms in total. The Morgan fingerprint density at radius 3 is 2.35 bits per heavy atom. The van der Waals surface area contributed by atoms with Crippen LogP contribution in [0.1, 0.15) is 6.92 Å². The van der Waals surface area contributed by atoms with E-state index in [0.29, 0.717) is 37.7 Å². The molecule has 1 heterocycles. The third-order valence-corrected chi connectivity index (χ3v) is 6.06. The lowest BCUT2D eigenvalue weighted by atomic mass is 10.2. The molecule has 1 aromatic carbocycles. The van der Waals surface area contributed by atoms with Crippen LogP contribution in [0, 0.1) is 11.3 Å². The molecule has 1 N–H and O–H groups in total. The van der Waals surface area contributed by atoms with Crippen molar-refractivity contribution in [2.24, 2.45) is 0 Å². The van der Waals surface area contributed by atoms with E-state index >= 15 is 0 Å². The molecular weight excluding hydrogens is 318 g/mol. The second kappa shape index (κ2) is 7.17. The first kappa shape index (κ1) is 17.5. The molecule has 0 aromatic heterocycles. The lowest BCUT2D eigenvalue weighted by Crippen LogP contribution is -3.17. The Bertz CT molecular complexity index is 691. The number of rotatable bonds is 5. The van der Waals surface area contributed by atoms with Gasteiger partial charge in [0.1, 0.15) is 6.07 Å². The van der Waals surface area contributed by atoms with Crippen LogP contribution in [0.25, 0.3) is 0 Å². The van der Waals surface area contributed by atoms with E-state index in [-0.39, 0.29) is 10.9 Å². The molecule has 1 saturated heterocycles. The second-order valence-corrected chi connectivity index (χ2v) is 7.37. The number of hydrogen-bond donors (Lipinski definition) is 1. The number of nitrogens with one attached hydrogen (secondary N) is 1. The van der Waals surface area contributed by atoms with Crippen LogP contribution in [0.4, 0.5) is 0 Å². The van der Waals surface area contributed by atoms with Crippen molar-refractivity contribution < 1.29 is 22.8 Å². The molecule has 126 valence electrons. The first-order valence-electron chi connectivity index (χ1n) is 7.40. The molecule has 0 unspecified atom stereocenters. The second-order valence-electron chi connectivity index (χ2n) is 5.43. The predicted molar refractivity (Wildman–Crippen MR) is 84.1 cm³/mol. The molecule has 8 heteroatoms. The summed E-state index contributed by atoms with van der Waals surface area (Å²) in [4.78, 5) is 1.30. The molecule has 0 radical (unpaired) electrons. The van der Waals surface area contributed by atoms with Gasteiger partial charge in [-0.1, -0.05) is 0 Å². The summed E-state index contributed by atoms with van der Waals surface area (Å²) in [7, 11) is -0.598. The van der Waals surface area contributed by atoms with E-state index in [4.69, 9.17) is 14.7 Å². The van der Waals surface area contributed by atoms with Crippen molar-refractivity contribution in [3.8, 4) is 17.6 Å². The molecule has 0 saturated carbocycles. The third-order valence-electron chi connectivity index (χ3n) is 4.16. The molecule has 23 heavy (non-hydrogen) atoms. The van der Waals surface area contributed by atoms with Crippen LogP contribution in [-0.4, -0.2) is 59.2 Å². The van der Waals surface area contributed by atoms with Gasteiger partial charge in [0.05, 0.1) is 45.3 Å². The molecule has 1 fully saturated rings. The number of quaternary nitrogens is 1. The number of methoxy groups -OCH3 is 2. The van der Waals surface area contributed by atoms with Crippen molar-refractivity contribution >= 4 is 10.0 Å². The minimum absolute atomic E-state index is 0.124. The molecule has 2 rings (SSSR count). The molecule has 0 amide bonds. The van der Waals surface area contributed by atoms with Crippen LogP contribution in [0.15, 0.2) is 23.1 Å². The Morgan fingerprint density at radius 1 is 1.22 bits per heavy atom. The number of ether oxygens (including phenoxy) is 2. The minimum Gasteiger partial charge on any atom is -0.493 e. The van der Waals surface area contributed by atoms with Gasteiger partial charge in [-0.15, -0.1) is 0 Å². The van der Waals surface area contributed by atoms with Crippen LogP contribution < -0.4 is 14.4 Å². The predicted octanol–water partition coefficient (Wildman–Crippen LogP) is -0.495. The highest BCUT2D eigenvalue weighted by molar-refractivity contribution is 7.89. The molecule has 0 spiro atoms. The van der Waals surface area contributed by atoms with Gasteiger partial charge in [0, 0.05) is 13.0 Å². The number of piperazine rings is 1. The molecule has 1 aliphatic heterocycles. The van der Waals surface area contributed by atoms with Gasteiger partial charge in [0.2, 0.25) is 10.0 Å². The zero-order valence-electron chi connectivity index (χ0n) is 13.6. The number of nitrogens with zero attached hydrogens (tertiary/aromatic N) is 2. The summed E-state index contributed by atoms with van der Waals surface area (Å²) in [5.41, 5.74) is 0. The van der Waals surface area contributed by atoms with E-state index < -0.39 is 10.0 Å². The Hall–Kier alpha value is -1.82. The fourth-order valence-electron chi connectivity index (χ4n) is 2.66. The van der Waals surface area contributed by atoms with Gasteiger partial charge in [0.25, 0.3) is 0 Å². The lowest BCUT2D eigenvalue weighted by molar-refractivity contribution is -0.918. The van der Waals surface area contributed by atoms with Gasteiger partial charge in [0.15, 0.2) is 17.5 Å². The number of benzene rings is 1. The summed E-state index contributed by atoms with van der Waals surface area (Å²) in [5, 5.41) is 8.97. The normalized spacial score (nSPS) is 18.2. The highest BCUT2D eigenvalue weighted by Crippen LogP contribution is 2.30. The molecule has 0 bridgehead atoms. The molecule has 1 atom stereocenters. The number of sulfonamides is 1. The molecule has 1 aliphatic rings. The van der Waals surface area contributed by atoms with Gasteiger partial charge in [-0.05, 0) is 12.1 Å². The van der Waals surface area contributed by atoms with Gasteiger partial charge in [-0.3, -0.25) is 0 Å². The van der Waals surface area contributed by atoms with Crippen LogP contribution in [0.5, 0.6) is 11.5 Å². The van der Waals surface area contributed by atoms with Gasteiger partial charge < -0.3 is 14.4 Å². The summed E-state index contributed by atoms with van der Waals surface area (Å²) < 4.78 is 37.3. The van der Waals surface area contributed by atoms with Crippen molar-refractivity contribution in [2.75, 3.05) is 40.4 Å². The third kappa shape index (κ3) is 3.58. The van der Waals surface area contributed by atoms with E-state index in [9.17, 15) is 8.42 Å². The first-order chi connectivity index (χ1) is 10.9. The zero-order chi connectivity index (χ0) is 17.0. The van der Waals surface area contributed by atoms with Crippen molar-refractivity contribution in [1.29, 1.82) is 5.26 Å². The van der Waals surface area contributed by atoms with E-state index in [1.165, 1.54) is 30.7 Å². The fourth-order valence-corrected chi connectivity index (χ4v) is 4.12. The fraction of sp³-hybridized carbons (Fsp3) is 0.533. The topological polar surface area (TPSA) is 84.1 Å². The highest BCUT2D eigenvalue weighted by Gasteiger charge is 2.32. The Morgan fingerprint density at radius 2 is 1.83 bits per heavy atom. The van der Waals surface area contributed by atoms with E-state index in [1.807, 2.05) is 6.92 Å². The standard InChI is InChI=1S/C15H21N3O4S/c1-12(11-16)17-6-8-18(9-7-17)23(19,20)13-4-5-14(21-2)15(10-13)22-3/h4-5,10,12H,6-9H2,1-3H3/p+1/t12-/m1/s1. The first-order valence-corrected chi connectivity index (χ1v) is 8.84.